The number of fused-ring (bicyclic) bond motifs is 1. The van der Waals surface area contributed by atoms with Gasteiger partial charge in [-0.05, 0) is 68.2 Å². The maximum Gasteiger partial charge on any atom is 0.115 e. The van der Waals surface area contributed by atoms with Crippen molar-refractivity contribution in [3.8, 4) is 5.75 Å². The van der Waals surface area contributed by atoms with Crippen molar-refractivity contribution in [2.75, 3.05) is 19.6 Å². The second-order valence-electron chi connectivity index (χ2n) is 9.00. The normalized spacial score (nSPS) is 27.8. The molecule has 1 saturated heterocycles. The fourth-order valence-corrected chi connectivity index (χ4v) is 5.39. The van der Waals surface area contributed by atoms with Crippen LogP contribution in [-0.4, -0.2) is 40.3 Å². The third-order valence-electron chi connectivity index (χ3n) is 6.40. The van der Waals surface area contributed by atoms with E-state index in [9.17, 15) is 10.2 Å². The van der Waals surface area contributed by atoms with E-state index in [0.29, 0.717) is 17.6 Å². The predicted octanol–water partition coefficient (Wildman–Crippen LogP) is 3.87. The first kappa shape index (κ1) is 18.5. The number of phenolic OH excluding ortho intramolecular Hbond substituents is 1. The van der Waals surface area contributed by atoms with Crippen LogP contribution in [0.2, 0.25) is 0 Å². The number of hydrogen-bond donors (Lipinski definition) is 2. The van der Waals surface area contributed by atoms with E-state index in [0.717, 1.165) is 45.3 Å². The van der Waals surface area contributed by atoms with Gasteiger partial charge in [-0.15, -0.1) is 0 Å². The Labute approximate surface area is 162 Å². The Bertz CT molecular complexity index is 764. The first-order valence-electron chi connectivity index (χ1n) is 10.2. The number of benzene rings is 2. The van der Waals surface area contributed by atoms with Crippen LogP contribution >= 0.6 is 0 Å². The molecule has 0 radical (unpaired) electrons. The van der Waals surface area contributed by atoms with E-state index < -0.39 is 5.60 Å². The van der Waals surface area contributed by atoms with Gasteiger partial charge in [0.05, 0.1) is 5.60 Å². The lowest BCUT2D eigenvalue weighted by Crippen LogP contribution is -2.32. The third-order valence-corrected chi connectivity index (χ3v) is 6.40. The van der Waals surface area contributed by atoms with Crippen LogP contribution in [0.15, 0.2) is 42.5 Å². The summed E-state index contributed by atoms with van der Waals surface area (Å²) in [5.74, 6) is 1.58. The predicted molar refractivity (Wildman–Crippen MR) is 109 cm³/mol. The van der Waals surface area contributed by atoms with Gasteiger partial charge >= 0.3 is 0 Å². The number of hydrogen-bond acceptors (Lipinski definition) is 3. The molecule has 27 heavy (non-hydrogen) atoms. The SMILES string of the molecule is Cc1cc(C)cc(C[C@]2(O)C[C@H]3CN(CCc4ccc(O)cc4)C[C@H]3C2)c1. The van der Waals surface area contributed by atoms with Crippen LogP contribution in [0.25, 0.3) is 0 Å². The molecule has 2 aliphatic rings. The monoisotopic (exact) mass is 365 g/mol. The summed E-state index contributed by atoms with van der Waals surface area (Å²) in [4.78, 5) is 2.55. The van der Waals surface area contributed by atoms with E-state index in [4.69, 9.17) is 0 Å². The Morgan fingerprint density at radius 1 is 0.926 bits per heavy atom. The Kier molecular flexibility index (Phi) is 5.00. The molecule has 0 spiro atoms. The Balaban J connectivity index is 1.31. The molecule has 2 aromatic carbocycles. The fourth-order valence-electron chi connectivity index (χ4n) is 5.39. The Morgan fingerprint density at radius 3 is 2.11 bits per heavy atom. The average molecular weight is 366 g/mol. The summed E-state index contributed by atoms with van der Waals surface area (Å²) < 4.78 is 0. The summed E-state index contributed by atoms with van der Waals surface area (Å²) >= 11 is 0. The zero-order chi connectivity index (χ0) is 19.0. The molecule has 1 aliphatic carbocycles. The van der Waals surface area contributed by atoms with Gasteiger partial charge in [0.1, 0.15) is 5.75 Å². The molecule has 4 rings (SSSR count). The maximum atomic E-state index is 11.2. The summed E-state index contributed by atoms with van der Waals surface area (Å²) in [6.45, 7) is 7.55. The molecule has 0 amide bonds. The molecule has 144 valence electrons. The molecule has 3 heteroatoms. The largest absolute Gasteiger partial charge is 0.508 e. The molecule has 3 atom stereocenters. The summed E-state index contributed by atoms with van der Waals surface area (Å²) in [7, 11) is 0. The number of phenols is 1. The van der Waals surface area contributed by atoms with E-state index in [-0.39, 0.29) is 0 Å². The first-order chi connectivity index (χ1) is 12.9. The minimum absolute atomic E-state index is 0.331. The molecule has 1 saturated carbocycles. The molecule has 1 aliphatic heterocycles. The van der Waals surface area contributed by atoms with Gasteiger partial charge < -0.3 is 15.1 Å². The van der Waals surface area contributed by atoms with Crippen molar-refractivity contribution in [1.82, 2.24) is 4.90 Å². The highest BCUT2D eigenvalue weighted by Gasteiger charge is 2.47. The Morgan fingerprint density at radius 2 is 1.52 bits per heavy atom. The lowest BCUT2D eigenvalue weighted by Gasteiger charge is -2.26. The average Bonchev–Trinajstić information content (AvgIpc) is 3.07. The van der Waals surface area contributed by atoms with Gasteiger partial charge in [0.25, 0.3) is 0 Å². The number of likely N-dealkylation sites (tertiary alicyclic amines) is 1. The molecule has 2 aromatic rings. The molecule has 0 aromatic heterocycles. The third kappa shape index (κ3) is 4.36. The highest BCUT2D eigenvalue weighted by atomic mass is 16.3. The quantitative estimate of drug-likeness (QED) is 0.845. The summed E-state index contributed by atoms with van der Waals surface area (Å²) in [6, 6.07) is 14.2. The number of nitrogens with zero attached hydrogens (tertiary/aromatic N) is 1. The second kappa shape index (κ2) is 7.29. The smallest absolute Gasteiger partial charge is 0.115 e. The van der Waals surface area contributed by atoms with E-state index in [1.54, 1.807) is 12.1 Å². The van der Waals surface area contributed by atoms with E-state index in [2.05, 4.69) is 36.9 Å². The summed E-state index contributed by atoms with van der Waals surface area (Å²) in [6.07, 6.45) is 3.67. The minimum atomic E-state index is -0.529. The molecule has 2 fully saturated rings. The van der Waals surface area contributed by atoms with E-state index in [1.165, 1.54) is 22.3 Å². The van der Waals surface area contributed by atoms with Crippen LogP contribution in [0, 0.1) is 25.7 Å². The van der Waals surface area contributed by atoms with Gasteiger partial charge in [-0.1, -0.05) is 41.5 Å². The molecule has 1 heterocycles. The summed E-state index contributed by atoms with van der Waals surface area (Å²) in [5.41, 5.74) is 4.59. The summed E-state index contributed by atoms with van der Waals surface area (Å²) in [5, 5.41) is 20.6. The van der Waals surface area contributed by atoms with Gasteiger partial charge in [0.15, 0.2) is 0 Å². The molecule has 2 N–H and O–H groups in total. The van der Waals surface area contributed by atoms with Crippen LogP contribution in [-0.2, 0) is 12.8 Å². The maximum absolute atomic E-state index is 11.2. The molecule has 3 nitrogen and oxygen atoms in total. The second-order valence-corrected chi connectivity index (χ2v) is 9.00. The van der Waals surface area contributed by atoms with Crippen LogP contribution in [0.5, 0.6) is 5.75 Å². The van der Waals surface area contributed by atoms with Crippen molar-refractivity contribution in [3.05, 3.63) is 64.7 Å². The fraction of sp³-hybridized carbons (Fsp3) is 0.500. The van der Waals surface area contributed by atoms with Crippen LogP contribution in [0.1, 0.15) is 35.1 Å². The van der Waals surface area contributed by atoms with Crippen LogP contribution < -0.4 is 0 Å². The zero-order valence-corrected chi connectivity index (χ0v) is 16.5. The van der Waals surface area contributed by atoms with Crippen molar-refractivity contribution < 1.29 is 10.2 Å². The number of rotatable bonds is 5. The van der Waals surface area contributed by atoms with Crippen molar-refractivity contribution >= 4 is 0 Å². The molecule has 0 bridgehead atoms. The molecular formula is C24H31NO2. The van der Waals surface area contributed by atoms with Gasteiger partial charge in [0.2, 0.25) is 0 Å². The van der Waals surface area contributed by atoms with Crippen molar-refractivity contribution in [1.29, 1.82) is 0 Å². The van der Waals surface area contributed by atoms with E-state index in [1.807, 2.05) is 12.1 Å². The van der Waals surface area contributed by atoms with Crippen molar-refractivity contribution in [2.45, 2.75) is 45.1 Å². The van der Waals surface area contributed by atoms with Gasteiger partial charge in [-0.25, -0.2) is 0 Å². The van der Waals surface area contributed by atoms with Gasteiger partial charge in [-0.3, -0.25) is 0 Å². The molecular weight excluding hydrogens is 334 g/mol. The lowest BCUT2D eigenvalue weighted by molar-refractivity contribution is 0.0355. The topological polar surface area (TPSA) is 43.7 Å². The Hall–Kier alpha value is -1.84. The minimum Gasteiger partial charge on any atom is -0.508 e. The lowest BCUT2D eigenvalue weighted by atomic mass is 9.90. The van der Waals surface area contributed by atoms with E-state index >= 15 is 0 Å². The number of aliphatic hydroxyl groups is 1. The van der Waals surface area contributed by atoms with Gasteiger partial charge in [-0.2, -0.15) is 0 Å². The zero-order valence-electron chi connectivity index (χ0n) is 16.5. The van der Waals surface area contributed by atoms with Crippen LogP contribution in [0.4, 0.5) is 0 Å². The number of aromatic hydroxyl groups is 1. The highest BCUT2D eigenvalue weighted by Crippen LogP contribution is 2.45. The standard InChI is InChI=1S/C24H31NO2/c1-17-9-18(2)11-20(10-17)12-24(27)13-21-15-25(16-22(21)14-24)8-7-19-3-5-23(26)6-4-19/h3-6,9-11,21-22,26-27H,7-8,12-16H2,1-2H3/t21-,22+,24-. The highest BCUT2D eigenvalue weighted by molar-refractivity contribution is 5.30. The first-order valence-corrected chi connectivity index (χ1v) is 10.2. The molecule has 0 unspecified atom stereocenters. The van der Waals surface area contributed by atoms with Gasteiger partial charge in [0, 0.05) is 26.1 Å². The van der Waals surface area contributed by atoms with Crippen molar-refractivity contribution in [2.24, 2.45) is 11.8 Å². The van der Waals surface area contributed by atoms with Crippen molar-refractivity contribution in [3.63, 3.8) is 0 Å². The van der Waals surface area contributed by atoms with Crippen LogP contribution in [0.3, 0.4) is 0 Å². The number of aryl methyl sites for hydroxylation is 2.